The van der Waals surface area contributed by atoms with E-state index in [-0.39, 0.29) is 18.5 Å². The van der Waals surface area contributed by atoms with Crippen LogP contribution in [-0.2, 0) is 27.5 Å². The third-order valence-electron chi connectivity index (χ3n) is 3.16. The smallest absolute Gasteiger partial charge is 0.312 e. The van der Waals surface area contributed by atoms with Crippen molar-refractivity contribution in [3.63, 3.8) is 0 Å². The highest BCUT2D eigenvalue weighted by atomic mass is 32.2. The largest absolute Gasteiger partial charge is 0.463 e. The number of thiazole rings is 1. The predicted molar refractivity (Wildman–Crippen MR) is 103 cm³/mol. The Balaban J connectivity index is 1.55. The third-order valence-corrected chi connectivity index (χ3v) is 6.34. The Morgan fingerprint density at radius 1 is 1.38 bits per heavy atom. The summed E-state index contributed by atoms with van der Waals surface area (Å²) in [6, 6.07) is 8.24. The Morgan fingerprint density at radius 3 is 3.04 bits per heavy atom. The molecule has 7 heteroatoms. The van der Waals surface area contributed by atoms with Gasteiger partial charge in [0.2, 0.25) is 0 Å². The Labute approximate surface area is 154 Å². The molecule has 0 radical (unpaired) electrons. The fraction of sp³-hybridized carbons (Fsp3) is 0.353. The van der Waals surface area contributed by atoms with Crippen LogP contribution in [-0.4, -0.2) is 21.4 Å². The van der Waals surface area contributed by atoms with E-state index in [4.69, 9.17) is 9.73 Å². The van der Waals surface area contributed by atoms with Crippen LogP contribution in [0.5, 0.6) is 0 Å². The number of para-hydroxylation sites is 1. The molecule has 0 fully saturated rings. The van der Waals surface area contributed by atoms with Crippen LogP contribution in [0, 0.1) is 0 Å². The zero-order valence-electron chi connectivity index (χ0n) is 13.5. The molecule has 24 heavy (non-hydrogen) atoms. The van der Waals surface area contributed by atoms with Crippen LogP contribution < -0.4 is 0 Å². The summed E-state index contributed by atoms with van der Waals surface area (Å²) in [4.78, 5) is 20.9. The second-order valence-electron chi connectivity index (χ2n) is 5.53. The van der Waals surface area contributed by atoms with Gasteiger partial charge in [-0.05, 0) is 25.5 Å². The number of benzene rings is 1. The van der Waals surface area contributed by atoms with E-state index in [1.165, 1.54) is 16.9 Å². The second kappa shape index (κ2) is 8.18. The zero-order chi connectivity index (χ0) is 16.9. The van der Waals surface area contributed by atoms with Crippen molar-refractivity contribution in [1.82, 2.24) is 4.98 Å². The number of carbonyl (C=O) groups excluding carboxylic acids is 1. The molecule has 126 valence electrons. The van der Waals surface area contributed by atoms with Gasteiger partial charge >= 0.3 is 5.97 Å². The van der Waals surface area contributed by atoms with Crippen LogP contribution in [0.1, 0.15) is 30.1 Å². The van der Waals surface area contributed by atoms with Gasteiger partial charge in [-0.1, -0.05) is 41.7 Å². The van der Waals surface area contributed by atoms with Gasteiger partial charge in [-0.2, -0.15) is 0 Å². The number of fused-ring (bicyclic) bond motifs is 1. The maximum atomic E-state index is 11.7. The van der Waals surface area contributed by atoms with Crippen molar-refractivity contribution in [2.24, 2.45) is 4.99 Å². The SMILES string of the molecule is CC(C)OC(=O)Cc1nc(CSC2=Nc3ccccc3CS2)cs1. The van der Waals surface area contributed by atoms with Gasteiger partial charge in [-0.3, -0.25) is 4.79 Å². The molecule has 2 heterocycles. The summed E-state index contributed by atoms with van der Waals surface area (Å²) in [6.07, 6.45) is 0.160. The van der Waals surface area contributed by atoms with Crippen LogP contribution in [0.4, 0.5) is 5.69 Å². The number of ether oxygens (including phenoxy) is 1. The van der Waals surface area contributed by atoms with E-state index in [2.05, 4.69) is 17.1 Å². The Kier molecular flexibility index (Phi) is 5.97. The molecular formula is C17H18N2O2S3. The molecule has 0 saturated carbocycles. The maximum Gasteiger partial charge on any atom is 0.312 e. The lowest BCUT2D eigenvalue weighted by molar-refractivity contribution is -0.146. The number of carbonyl (C=O) groups is 1. The summed E-state index contributed by atoms with van der Waals surface area (Å²) in [5.74, 6) is 1.51. The molecule has 0 aliphatic carbocycles. The molecule has 0 N–H and O–H groups in total. The maximum absolute atomic E-state index is 11.7. The monoisotopic (exact) mass is 378 g/mol. The van der Waals surface area contributed by atoms with Crippen LogP contribution in [0.15, 0.2) is 34.6 Å². The first-order chi connectivity index (χ1) is 11.6. The lowest BCUT2D eigenvalue weighted by Crippen LogP contribution is -2.13. The van der Waals surface area contributed by atoms with Crippen molar-refractivity contribution in [2.45, 2.75) is 37.9 Å². The van der Waals surface area contributed by atoms with Gasteiger partial charge in [-0.15, -0.1) is 11.3 Å². The fourth-order valence-corrected chi connectivity index (χ4v) is 4.99. The molecule has 0 spiro atoms. The normalized spacial score (nSPS) is 13.5. The van der Waals surface area contributed by atoms with Crippen molar-refractivity contribution in [2.75, 3.05) is 0 Å². The fourth-order valence-electron chi connectivity index (χ4n) is 2.15. The number of hydrogen-bond acceptors (Lipinski definition) is 7. The minimum atomic E-state index is -0.220. The van der Waals surface area contributed by atoms with Gasteiger partial charge in [0.1, 0.15) is 9.38 Å². The van der Waals surface area contributed by atoms with Gasteiger partial charge in [0.05, 0.1) is 23.9 Å². The van der Waals surface area contributed by atoms with Crippen molar-refractivity contribution in [3.05, 3.63) is 45.9 Å². The molecule has 0 bridgehead atoms. The van der Waals surface area contributed by atoms with E-state index in [0.29, 0.717) is 0 Å². The lowest BCUT2D eigenvalue weighted by atomic mass is 10.2. The molecule has 0 unspecified atom stereocenters. The van der Waals surface area contributed by atoms with Gasteiger partial charge in [0, 0.05) is 16.9 Å². The average molecular weight is 379 g/mol. The summed E-state index contributed by atoms with van der Waals surface area (Å²) in [6.45, 7) is 3.70. The van der Waals surface area contributed by atoms with E-state index >= 15 is 0 Å². The van der Waals surface area contributed by atoms with E-state index in [1.807, 2.05) is 31.4 Å². The molecule has 1 aliphatic rings. The molecule has 1 aromatic carbocycles. The van der Waals surface area contributed by atoms with Crippen molar-refractivity contribution in [3.8, 4) is 0 Å². The Hall–Kier alpha value is -1.31. The van der Waals surface area contributed by atoms with Crippen LogP contribution in [0.25, 0.3) is 0 Å². The topological polar surface area (TPSA) is 51.5 Å². The Morgan fingerprint density at radius 2 is 2.21 bits per heavy atom. The number of aromatic nitrogens is 1. The van der Waals surface area contributed by atoms with Gasteiger partial charge in [-0.25, -0.2) is 9.98 Å². The molecule has 3 rings (SSSR count). The van der Waals surface area contributed by atoms with Crippen LogP contribution >= 0.6 is 34.9 Å². The molecule has 4 nitrogen and oxygen atoms in total. The molecule has 0 amide bonds. The Bertz CT molecular complexity index is 756. The molecule has 1 aromatic heterocycles. The highest BCUT2D eigenvalue weighted by Gasteiger charge is 2.14. The summed E-state index contributed by atoms with van der Waals surface area (Å²) < 4.78 is 6.22. The standard InChI is InChI=1S/C17H18N2O2S3/c1-11(2)21-16(20)7-15-18-13(9-22-15)10-24-17-19-14-6-4-3-5-12(14)8-23-17/h3-6,9,11H,7-8,10H2,1-2H3. The van der Waals surface area contributed by atoms with E-state index in [0.717, 1.165) is 32.3 Å². The molecule has 0 atom stereocenters. The summed E-state index contributed by atoms with van der Waals surface area (Å²) in [5, 5.41) is 2.81. The van der Waals surface area contributed by atoms with Crippen molar-refractivity contribution < 1.29 is 9.53 Å². The third kappa shape index (κ3) is 4.84. The first-order valence-electron chi connectivity index (χ1n) is 7.65. The molecular weight excluding hydrogens is 360 g/mol. The number of hydrogen-bond donors (Lipinski definition) is 0. The van der Waals surface area contributed by atoms with Gasteiger partial charge in [0.15, 0.2) is 0 Å². The predicted octanol–water partition coefficient (Wildman–Crippen LogP) is 4.80. The van der Waals surface area contributed by atoms with E-state index < -0.39 is 0 Å². The molecule has 2 aromatic rings. The minimum Gasteiger partial charge on any atom is -0.463 e. The molecule has 0 saturated heterocycles. The number of rotatable bonds is 5. The number of nitrogens with zero attached hydrogens (tertiary/aromatic N) is 2. The van der Waals surface area contributed by atoms with Crippen LogP contribution in [0.2, 0.25) is 0 Å². The van der Waals surface area contributed by atoms with Crippen molar-refractivity contribution in [1.29, 1.82) is 0 Å². The first-order valence-corrected chi connectivity index (χ1v) is 10.5. The van der Waals surface area contributed by atoms with Gasteiger partial charge < -0.3 is 4.74 Å². The minimum absolute atomic E-state index is 0.0864. The number of aliphatic imine (C=N–C) groups is 1. The quantitative estimate of drug-likeness (QED) is 0.699. The highest BCUT2D eigenvalue weighted by molar-refractivity contribution is 8.38. The van der Waals surface area contributed by atoms with Gasteiger partial charge in [0.25, 0.3) is 0 Å². The second-order valence-corrected chi connectivity index (χ2v) is 8.66. The zero-order valence-corrected chi connectivity index (χ0v) is 16.0. The van der Waals surface area contributed by atoms with Crippen LogP contribution in [0.3, 0.4) is 0 Å². The highest BCUT2D eigenvalue weighted by Crippen LogP contribution is 2.35. The summed E-state index contributed by atoms with van der Waals surface area (Å²) in [5.41, 5.74) is 3.33. The number of thioether (sulfide) groups is 2. The van der Waals surface area contributed by atoms with E-state index in [9.17, 15) is 4.79 Å². The lowest BCUT2D eigenvalue weighted by Gasteiger charge is -2.13. The summed E-state index contributed by atoms with van der Waals surface area (Å²) >= 11 is 4.97. The summed E-state index contributed by atoms with van der Waals surface area (Å²) in [7, 11) is 0. The first kappa shape index (κ1) is 17.5. The molecule has 1 aliphatic heterocycles. The van der Waals surface area contributed by atoms with E-state index in [1.54, 1.807) is 23.5 Å². The average Bonchev–Trinajstić information content (AvgIpc) is 2.99. The number of esters is 1. The van der Waals surface area contributed by atoms with Crippen molar-refractivity contribution >= 4 is 50.9 Å².